The van der Waals surface area contributed by atoms with Gasteiger partial charge < -0.3 is 9.72 Å². The van der Waals surface area contributed by atoms with Crippen LogP contribution in [0.4, 0.5) is 4.39 Å². The van der Waals surface area contributed by atoms with Crippen molar-refractivity contribution < 1.29 is 13.9 Å². The van der Waals surface area contributed by atoms with Crippen molar-refractivity contribution in [3.05, 3.63) is 41.9 Å². The Morgan fingerprint density at radius 2 is 2.24 bits per heavy atom. The number of carbonyl (C=O) groups is 1. The standard InChI is InChI=1S/C13H12FNO2/c1-2-17-13(16)11(14)7-9-8-15-12-6-4-3-5-10(9)12/h3-8,15H,2H2,1H3/b11-7-. The first-order chi connectivity index (χ1) is 8.22. The quantitative estimate of drug-likeness (QED) is 0.654. The lowest BCUT2D eigenvalue weighted by molar-refractivity contribution is -0.140. The minimum atomic E-state index is -0.933. The molecule has 0 saturated heterocycles. The van der Waals surface area contributed by atoms with E-state index in [1.165, 1.54) is 6.08 Å². The number of ether oxygens (including phenoxy) is 1. The molecule has 1 aromatic heterocycles. The van der Waals surface area contributed by atoms with E-state index in [1.54, 1.807) is 13.1 Å². The Morgan fingerprint density at radius 3 is 3.00 bits per heavy atom. The van der Waals surface area contributed by atoms with E-state index in [2.05, 4.69) is 9.72 Å². The van der Waals surface area contributed by atoms with Gasteiger partial charge in [-0.25, -0.2) is 4.79 Å². The van der Waals surface area contributed by atoms with Crippen LogP contribution in [0.15, 0.2) is 36.3 Å². The number of esters is 1. The molecule has 17 heavy (non-hydrogen) atoms. The molecule has 2 aromatic rings. The zero-order valence-electron chi connectivity index (χ0n) is 9.37. The lowest BCUT2D eigenvalue weighted by Crippen LogP contribution is -2.03. The summed E-state index contributed by atoms with van der Waals surface area (Å²) in [5.74, 6) is -1.82. The van der Waals surface area contributed by atoms with Gasteiger partial charge >= 0.3 is 5.97 Å². The van der Waals surface area contributed by atoms with Crippen molar-refractivity contribution in [2.45, 2.75) is 6.92 Å². The van der Waals surface area contributed by atoms with Crippen LogP contribution in [-0.4, -0.2) is 17.6 Å². The highest BCUT2D eigenvalue weighted by Crippen LogP contribution is 2.20. The lowest BCUT2D eigenvalue weighted by Gasteiger charge is -1.97. The van der Waals surface area contributed by atoms with E-state index < -0.39 is 11.8 Å². The smallest absolute Gasteiger partial charge is 0.367 e. The zero-order valence-corrected chi connectivity index (χ0v) is 9.37. The van der Waals surface area contributed by atoms with Gasteiger partial charge in [0.2, 0.25) is 5.83 Å². The number of benzene rings is 1. The number of carbonyl (C=O) groups excluding carboxylic acids is 1. The van der Waals surface area contributed by atoms with Gasteiger partial charge in [-0.15, -0.1) is 0 Å². The number of fused-ring (bicyclic) bond motifs is 1. The van der Waals surface area contributed by atoms with Crippen LogP contribution in [0.25, 0.3) is 17.0 Å². The van der Waals surface area contributed by atoms with Gasteiger partial charge in [0.05, 0.1) is 6.61 Å². The van der Waals surface area contributed by atoms with E-state index in [-0.39, 0.29) is 6.61 Å². The Morgan fingerprint density at radius 1 is 1.47 bits per heavy atom. The maximum absolute atomic E-state index is 13.4. The molecule has 0 aliphatic heterocycles. The highest BCUT2D eigenvalue weighted by Gasteiger charge is 2.10. The predicted octanol–water partition coefficient (Wildman–Crippen LogP) is 3.04. The van der Waals surface area contributed by atoms with Crippen molar-refractivity contribution in [2.24, 2.45) is 0 Å². The van der Waals surface area contributed by atoms with Gasteiger partial charge in [0, 0.05) is 22.7 Å². The third-order valence-electron chi connectivity index (χ3n) is 2.37. The Kier molecular flexibility index (Phi) is 3.23. The first kappa shape index (κ1) is 11.4. The molecule has 0 unspecified atom stereocenters. The SMILES string of the molecule is CCOC(=O)/C(F)=C/c1c[nH]c2ccccc12. The first-order valence-corrected chi connectivity index (χ1v) is 5.33. The summed E-state index contributed by atoms with van der Waals surface area (Å²) in [6.45, 7) is 1.80. The van der Waals surface area contributed by atoms with E-state index in [1.807, 2.05) is 24.3 Å². The highest BCUT2D eigenvalue weighted by molar-refractivity contribution is 5.96. The zero-order chi connectivity index (χ0) is 12.3. The van der Waals surface area contributed by atoms with Crippen molar-refractivity contribution in [1.29, 1.82) is 0 Å². The first-order valence-electron chi connectivity index (χ1n) is 5.33. The molecule has 0 amide bonds. The van der Waals surface area contributed by atoms with Gasteiger partial charge in [0.1, 0.15) is 0 Å². The molecule has 0 spiro atoms. The number of H-pyrrole nitrogens is 1. The summed E-state index contributed by atoms with van der Waals surface area (Å²) in [6, 6.07) is 7.48. The number of halogens is 1. The van der Waals surface area contributed by atoms with Crippen LogP contribution in [-0.2, 0) is 9.53 Å². The fourth-order valence-electron chi connectivity index (χ4n) is 1.61. The number of hydrogen-bond acceptors (Lipinski definition) is 2. The fourth-order valence-corrected chi connectivity index (χ4v) is 1.61. The van der Waals surface area contributed by atoms with Gasteiger partial charge in [-0.1, -0.05) is 18.2 Å². The molecule has 0 atom stereocenters. The van der Waals surface area contributed by atoms with E-state index in [0.717, 1.165) is 10.9 Å². The third kappa shape index (κ3) is 2.36. The van der Waals surface area contributed by atoms with Crippen LogP contribution >= 0.6 is 0 Å². The summed E-state index contributed by atoms with van der Waals surface area (Å²) in [6.07, 6.45) is 2.83. The summed E-state index contributed by atoms with van der Waals surface area (Å²) in [5, 5.41) is 0.868. The molecule has 4 heteroatoms. The van der Waals surface area contributed by atoms with Crippen LogP contribution < -0.4 is 0 Å². The topological polar surface area (TPSA) is 42.1 Å². The summed E-state index contributed by atoms with van der Waals surface area (Å²) in [7, 11) is 0. The Hall–Kier alpha value is -2.10. The summed E-state index contributed by atoms with van der Waals surface area (Å²) < 4.78 is 18.0. The van der Waals surface area contributed by atoms with Crippen LogP contribution in [0.3, 0.4) is 0 Å². The van der Waals surface area contributed by atoms with Crippen molar-refractivity contribution >= 4 is 22.9 Å². The number of para-hydroxylation sites is 1. The minimum Gasteiger partial charge on any atom is -0.461 e. The lowest BCUT2D eigenvalue weighted by atomic mass is 10.1. The number of aromatic amines is 1. The number of nitrogens with one attached hydrogen (secondary N) is 1. The van der Waals surface area contributed by atoms with Crippen LogP contribution in [0.5, 0.6) is 0 Å². The molecule has 1 heterocycles. The Bertz CT molecular complexity index is 572. The normalized spacial score (nSPS) is 11.8. The fraction of sp³-hybridized carbons (Fsp3) is 0.154. The van der Waals surface area contributed by atoms with Gasteiger partial charge in [-0.2, -0.15) is 4.39 Å². The maximum atomic E-state index is 13.4. The van der Waals surface area contributed by atoms with E-state index >= 15 is 0 Å². The molecule has 0 fully saturated rings. The van der Waals surface area contributed by atoms with Crippen molar-refractivity contribution in [3.8, 4) is 0 Å². The molecule has 0 aliphatic rings. The molecule has 0 aliphatic carbocycles. The maximum Gasteiger partial charge on any atom is 0.367 e. The molecular formula is C13H12FNO2. The number of aromatic nitrogens is 1. The second-order valence-electron chi connectivity index (χ2n) is 3.50. The van der Waals surface area contributed by atoms with Gasteiger partial charge in [-0.05, 0) is 19.1 Å². The molecule has 1 aromatic carbocycles. The van der Waals surface area contributed by atoms with Gasteiger partial charge in [-0.3, -0.25) is 0 Å². The van der Waals surface area contributed by atoms with Crippen LogP contribution in [0.2, 0.25) is 0 Å². The Labute approximate surface area is 97.9 Å². The van der Waals surface area contributed by atoms with Crippen molar-refractivity contribution in [1.82, 2.24) is 4.98 Å². The van der Waals surface area contributed by atoms with Gasteiger partial charge in [0.15, 0.2) is 0 Å². The predicted molar refractivity (Wildman–Crippen MR) is 64.0 cm³/mol. The molecule has 2 rings (SSSR count). The monoisotopic (exact) mass is 233 g/mol. The van der Waals surface area contributed by atoms with Crippen molar-refractivity contribution in [2.75, 3.05) is 6.61 Å². The largest absolute Gasteiger partial charge is 0.461 e. The van der Waals surface area contributed by atoms with Crippen molar-refractivity contribution in [3.63, 3.8) is 0 Å². The number of rotatable bonds is 3. The second-order valence-corrected chi connectivity index (χ2v) is 3.50. The van der Waals surface area contributed by atoms with Gasteiger partial charge in [0.25, 0.3) is 0 Å². The van der Waals surface area contributed by atoms with E-state index in [0.29, 0.717) is 5.56 Å². The molecule has 0 saturated carbocycles. The average Bonchev–Trinajstić information content (AvgIpc) is 2.73. The van der Waals surface area contributed by atoms with E-state index in [9.17, 15) is 9.18 Å². The molecule has 88 valence electrons. The Balaban J connectivity index is 2.35. The molecule has 3 nitrogen and oxygen atoms in total. The average molecular weight is 233 g/mol. The second kappa shape index (κ2) is 4.82. The summed E-state index contributed by atoms with van der Waals surface area (Å²) in [4.78, 5) is 14.1. The molecule has 0 bridgehead atoms. The minimum absolute atomic E-state index is 0.161. The third-order valence-corrected chi connectivity index (χ3v) is 2.37. The van der Waals surface area contributed by atoms with Crippen LogP contribution in [0.1, 0.15) is 12.5 Å². The summed E-state index contributed by atoms with van der Waals surface area (Å²) in [5.41, 5.74) is 1.53. The molecule has 1 N–H and O–H groups in total. The highest BCUT2D eigenvalue weighted by atomic mass is 19.1. The summed E-state index contributed by atoms with van der Waals surface area (Å²) >= 11 is 0. The molecular weight excluding hydrogens is 221 g/mol. The molecule has 0 radical (unpaired) electrons. The van der Waals surface area contributed by atoms with Crippen LogP contribution in [0, 0.1) is 0 Å². The number of hydrogen-bond donors (Lipinski definition) is 1. The van der Waals surface area contributed by atoms with E-state index in [4.69, 9.17) is 0 Å².